The number of hydrogen-bond donors (Lipinski definition) is 1. The number of phosphoric acid groups is 1. The van der Waals surface area contributed by atoms with E-state index >= 15 is 0 Å². The lowest BCUT2D eigenvalue weighted by molar-refractivity contribution is -0.870. The Labute approximate surface area is 467 Å². The molecule has 434 valence electrons. The van der Waals surface area contributed by atoms with Gasteiger partial charge in [0.2, 0.25) is 5.91 Å². The average molecular weight is 1080 g/mol. The van der Waals surface area contributed by atoms with Crippen LogP contribution in [0.4, 0.5) is 0 Å². The van der Waals surface area contributed by atoms with E-state index in [0.717, 1.165) is 116 Å². The third kappa shape index (κ3) is 55.2. The molecular formula is C66H113N2O7P. The van der Waals surface area contributed by atoms with E-state index in [1.807, 2.05) is 33.3 Å². The van der Waals surface area contributed by atoms with Gasteiger partial charge in [-0.3, -0.25) is 14.2 Å². The van der Waals surface area contributed by atoms with Crippen LogP contribution in [0.25, 0.3) is 0 Å². The number of amides is 1. The van der Waals surface area contributed by atoms with Gasteiger partial charge >= 0.3 is 5.97 Å². The topological polar surface area (TPSA) is 114 Å². The van der Waals surface area contributed by atoms with Gasteiger partial charge in [-0.25, -0.2) is 0 Å². The van der Waals surface area contributed by atoms with Crippen LogP contribution in [0, 0.1) is 0 Å². The molecule has 1 N–H and O–H groups in total. The maximum Gasteiger partial charge on any atom is 0.306 e. The number of carbonyl (C=O) groups is 2. The Balaban J connectivity index is 5.32. The van der Waals surface area contributed by atoms with Crippen LogP contribution in [0.1, 0.15) is 233 Å². The predicted octanol–water partition coefficient (Wildman–Crippen LogP) is 18.1. The SMILES string of the molecule is CC/C=C\C/C=C\C/C=C\C/C=C\C/C=C\C/C=C\CCCCCCC(=O)NC(COP(=O)([O-])OCC[N+](C)(C)C)C(/C=C\CCCCCCCCCCCC)OC(=O)CCCCCCCCC/C=C/C=C/C=C/CC. The molecule has 0 aromatic carbocycles. The Kier molecular flexibility index (Phi) is 52.2. The van der Waals surface area contributed by atoms with E-state index in [1.54, 1.807) is 0 Å². The Morgan fingerprint density at radius 1 is 0.487 bits per heavy atom. The van der Waals surface area contributed by atoms with E-state index in [1.165, 1.54) is 70.6 Å². The molecular weight excluding hydrogens is 964 g/mol. The van der Waals surface area contributed by atoms with Crippen LogP contribution < -0.4 is 10.2 Å². The smallest absolute Gasteiger partial charge is 0.306 e. The first-order valence-corrected chi connectivity index (χ1v) is 31.8. The van der Waals surface area contributed by atoms with Gasteiger partial charge in [-0.2, -0.15) is 0 Å². The van der Waals surface area contributed by atoms with Gasteiger partial charge in [0.05, 0.1) is 33.8 Å². The number of rotatable bonds is 53. The number of likely N-dealkylation sites (N-methyl/N-ethyl adjacent to an activating group) is 1. The van der Waals surface area contributed by atoms with Gasteiger partial charge in [0.1, 0.15) is 19.3 Å². The number of phosphoric ester groups is 1. The van der Waals surface area contributed by atoms with Crippen molar-refractivity contribution in [2.24, 2.45) is 0 Å². The maximum absolute atomic E-state index is 13.5. The molecule has 0 saturated carbocycles. The van der Waals surface area contributed by atoms with Crippen molar-refractivity contribution in [3.63, 3.8) is 0 Å². The normalized spacial score (nSPS) is 14.6. The zero-order valence-electron chi connectivity index (χ0n) is 49.4. The molecule has 9 nitrogen and oxygen atoms in total. The fourth-order valence-corrected chi connectivity index (χ4v) is 8.78. The number of ether oxygens (including phenoxy) is 1. The Morgan fingerprint density at radius 2 is 0.908 bits per heavy atom. The van der Waals surface area contributed by atoms with Crippen LogP contribution >= 0.6 is 7.82 Å². The van der Waals surface area contributed by atoms with Crippen molar-refractivity contribution in [3.05, 3.63) is 122 Å². The molecule has 0 spiro atoms. The van der Waals surface area contributed by atoms with Crippen molar-refractivity contribution in [3.8, 4) is 0 Å². The molecule has 10 heteroatoms. The summed E-state index contributed by atoms with van der Waals surface area (Å²) in [4.78, 5) is 40.0. The first-order valence-electron chi connectivity index (χ1n) is 30.4. The molecule has 0 aliphatic rings. The standard InChI is InChI=1S/C66H113N2O7P/c1-7-10-13-16-19-22-25-28-30-31-32-33-34-35-36-37-39-40-43-46-49-52-55-58-65(69)67-63(62-74-76(71,72)73-61-60-68(4,5)6)64(57-54-51-48-45-42-27-24-21-18-15-12-9-3)75-66(70)59-56-53-50-47-44-41-38-29-26-23-20-17-14-11-8-2/h10-11,13-14,17,19-20,22-23,26,28,30,32-33,35-36,39-40,54,57,63-64H,7-9,12,15-16,18,21,24-25,27,29,31,34,37-38,41-53,55-56,58-62H2,1-6H3,(H-,67,69,71,72)/b13-10-,14-11+,20-17+,22-19-,26-23+,30-28-,33-32-,36-35-,40-39-,57-54-. The molecule has 1 amide bonds. The number of quaternary nitrogens is 1. The fraction of sp³-hybridized carbons (Fsp3) is 0.667. The minimum Gasteiger partial charge on any atom is -0.756 e. The molecule has 0 aromatic heterocycles. The zero-order valence-corrected chi connectivity index (χ0v) is 50.3. The summed E-state index contributed by atoms with van der Waals surface area (Å²) in [5, 5.41) is 3.01. The van der Waals surface area contributed by atoms with Gasteiger partial charge in [-0.05, 0) is 102 Å². The lowest BCUT2D eigenvalue weighted by Gasteiger charge is -2.30. The number of nitrogens with one attached hydrogen (secondary N) is 1. The Hall–Kier alpha value is -3.59. The number of allylic oxidation sites excluding steroid dienone is 19. The van der Waals surface area contributed by atoms with Crippen molar-refractivity contribution in [2.45, 2.75) is 245 Å². The van der Waals surface area contributed by atoms with Gasteiger partial charge in [0.15, 0.2) is 0 Å². The first-order chi connectivity index (χ1) is 36.9. The van der Waals surface area contributed by atoms with Gasteiger partial charge in [0.25, 0.3) is 7.82 Å². The summed E-state index contributed by atoms with van der Waals surface area (Å²) in [6, 6.07) is -0.915. The van der Waals surface area contributed by atoms with Gasteiger partial charge in [0, 0.05) is 12.8 Å². The molecule has 0 fully saturated rings. The van der Waals surface area contributed by atoms with Crippen molar-refractivity contribution in [2.75, 3.05) is 40.9 Å². The van der Waals surface area contributed by atoms with E-state index in [0.29, 0.717) is 23.9 Å². The van der Waals surface area contributed by atoms with Crippen LogP contribution in [0.5, 0.6) is 0 Å². The highest BCUT2D eigenvalue weighted by atomic mass is 31.2. The second-order valence-electron chi connectivity index (χ2n) is 21.1. The summed E-state index contributed by atoms with van der Waals surface area (Å²) in [5.41, 5.74) is 0. The molecule has 3 unspecified atom stereocenters. The third-order valence-electron chi connectivity index (χ3n) is 12.7. The first kappa shape index (κ1) is 72.4. The molecule has 0 aromatic rings. The Morgan fingerprint density at radius 3 is 1.41 bits per heavy atom. The molecule has 76 heavy (non-hydrogen) atoms. The van der Waals surface area contributed by atoms with Gasteiger partial charge in [-0.15, -0.1) is 0 Å². The molecule has 0 rings (SSSR count). The molecule has 0 saturated heterocycles. The highest BCUT2D eigenvalue weighted by Crippen LogP contribution is 2.38. The number of nitrogens with zero attached hydrogens (tertiary/aromatic N) is 1. The summed E-state index contributed by atoms with van der Waals surface area (Å²) in [7, 11) is 1.14. The van der Waals surface area contributed by atoms with Gasteiger partial charge < -0.3 is 28.5 Å². The van der Waals surface area contributed by atoms with Crippen molar-refractivity contribution < 1.29 is 37.3 Å². The van der Waals surface area contributed by atoms with E-state index in [4.69, 9.17) is 13.8 Å². The van der Waals surface area contributed by atoms with Gasteiger partial charge in [-0.1, -0.05) is 239 Å². The van der Waals surface area contributed by atoms with Crippen molar-refractivity contribution >= 4 is 19.7 Å². The van der Waals surface area contributed by atoms with E-state index in [2.05, 4.69) is 135 Å². The average Bonchev–Trinajstić information content (AvgIpc) is 3.38. The van der Waals surface area contributed by atoms with Crippen LogP contribution in [0.2, 0.25) is 0 Å². The predicted molar refractivity (Wildman–Crippen MR) is 325 cm³/mol. The molecule has 3 atom stereocenters. The minimum atomic E-state index is -4.72. The summed E-state index contributed by atoms with van der Waals surface area (Å²) in [6.07, 6.45) is 75.9. The summed E-state index contributed by atoms with van der Waals surface area (Å²) < 4.78 is 30.3. The van der Waals surface area contributed by atoms with E-state index in [9.17, 15) is 19.0 Å². The molecule has 0 radical (unpaired) electrons. The number of unbranched alkanes of at least 4 members (excludes halogenated alkanes) is 21. The number of esters is 1. The van der Waals surface area contributed by atoms with Crippen molar-refractivity contribution in [1.29, 1.82) is 0 Å². The zero-order chi connectivity index (χ0) is 55.7. The highest BCUT2D eigenvalue weighted by Gasteiger charge is 2.27. The fourth-order valence-electron chi connectivity index (χ4n) is 8.05. The van der Waals surface area contributed by atoms with E-state index in [-0.39, 0.29) is 31.3 Å². The second kappa shape index (κ2) is 54.8. The maximum atomic E-state index is 13.5. The van der Waals surface area contributed by atoms with Crippen LogP contribution in [-0.2, 0) is 27.9 Å². The third-order valence-corrected chi connectivity index (χ3v) is 13.7. The van der Waals surface area contributed by atoms with Crippen LogP contribution in [-0.4, -0.2) is 69.4 Å². The molecule has 0 aliphatic heterocycles. The lowest BCUT2D eigenvalue weighted by Crippen LogP contribution is -2.47. The number of carbonyl (C=O) groups excluding carboxylic acids is 2. The monoisotopic (exact) mass is 1080 g/mol. The molecule has 0 heterocycles. The van der Waals surface area contributed by atoms with E-state index < -0.39 is 26.6 Å². The van der Waals surface area contributed by atoms with Crippen LogP contribution in [0.15, 0.2) is 122 Å². The Bertz CT molecular complexity index is 1720. The summed E-state index contributed by atoms with van der Waals surface area (Å²) in [5.74, 6) is -0.593. The molecule has 0 bridgehead atoms. The van der Waals surface area contributed by atoms with Crippen molar-refractivity contribution in [1.82, 2.24) is 5.32 Å². The highest BCUT2D eigenvalue weighted by molar-refractivity contribution is 7.45. The molecule has 0 aliphatic carbocycles. The summed E-state index contributed by atoms with van der Waals surface area (Å²) >= 11 is 0. The number of hydrogen-bond acceptors (Lipinski definition) is 7. The quantitative estimate of drug-likeness (QED) is 0.0161. The second-order valence-corrected chi connectivity index (χ2v) is 22.6. The largest absolute Gasteiger partial charge is 0.756 e. The van der Waals surface area contributed by atoms with Crippen LogP contribution in [0.3, 0.4) is 0 Å². The summed E-state index contributed by atoms with van der Waals surface area (Å²) in [6.45, 7) is 6.55. The lowest BCUT2D eigenvalue weighted by atomic mass is 10.0. The minimum absolute atomic E-state index is 0.0366.